The molecular weight excluding hydrogens is 248 g/mol. The Labute approximate surface area is 111 Å². The van der Waals surface area contributed by atoms with Gasteiger partial charge in [-0.3, -0.25) is 4.79 Å². The van der Waals surface area contributed by atoms with Gasteiger partial charge in [0, 0.05) is 19.0 Å². The molecule has 0 aliphatic heterocycles. The molecule has 0 spiro atoms. The first kappa shape index (κ1) is 15.1. The molecule has 1 rings (SSSR count). The summed E-state index contributed by atoms with van der Waals surface area (Å²) >= 11 is 0. The molecule has 0 radical (unpaired) electrons. The monoisotopic (exact) mass is 266 g/mol. The van der Waals surface area contributed by atoms with Crippen molar-refractivity contribution in [2.75, 3.05) is 6.54 Å². The van der Waals surface area contributed by atoms with E-state index < -0.39 is 12.2 Å². The number of aliphatic hydroxyl groups is 2. The number of nitrogens with one attached hydrogen (secondary N) is 1. The van der Waals surface area contributed by atoms with Gasteiger partial charge in [0.15, 0.2) is 0 Å². The average molecular weight is 266 g/mol. The van der Waals surface area contributed by atoms with Gasteiger partial charge in [-0.15, -0.1) is 0 Å². The van der Waals surface area contributed by atoms with E-state index in [0.29, 0.717) is 11.1 Å². The molecule has 0 saturated heterocycles. The molecule has 0 fully saturated rings. The van der Waals surface area contributed by atoms with Crippen LogP contribution in [0.2, 0.25) is 0 Å². The Morgan fingerprint density at radius 2 is 2.11 bits per heavy atom. The SMILES string of the molecule is CC(=O)NCCC(O)C(O)c1ccccc1C=NO. The Balaban J connectivity index is 2.70. The van der Waals surface area contributed by atoms with Crippen molar-refractivity contribution in [1.82, 2.24) is 5.32 Å². The van der Waals surface area contributed by atoms with E-state index in [9.17, 15) is 15.0 Å². The Kier molecular flexibility index (Phi) is 5.98. The second-order valence-corrected chi connectivity index (χ2v) is 4.16. The zero-order valence-corrected chi connectivity index (χ0v) is 10.7. The highest BCUT2D eigenvalue weighted by molar-refractivity contribution is 5.81. The third-order valence-electron chi connectivity index (χ3n) is 2.69. The second kappa shape index (κ2) is 7.50. The fourth-order valence-corrected chi connectivity index (χ4v) is 1.72. The van der Waals surface area contributed by atoms with Gasteiger partial charge in [-0.2, -0.15) is 0 Å². The number of hydrogen-bond acceptors (Lipinski definition) is 5. The van der Waals surface area contributed by atoms with E-state index in [4.69, 9.17) is 5.21 Å². The molecule has 2 unspecified atom stereocenters. The fraction of sp³-hybridized carbons (Fsp3) is 0.385. The molecule has 1 amide bonds. The molecule has 0 aliphatic carbocycles. The highest BCUT2D eigenvalue weighted by atomic mass is 16.4. The number of carbonyl (C=O) groups is 1. The highest BCUT2D eigenvalue weighted by Gasteiger charge is 2.20. The first-order valence-electron chi connectivity index (χ1n) is 5.93. The van der Waals surface area contributed by atoms with E-state index in [0.717, 1.165) is 0 Å². The van der Waals surface area contributed by atoms with Crippen LogP contribution in [-0.2, 0) is 4.79 Å². The molecule has 4 N–H and O–H groups in total. The van der Waals surface area contributed by atoms with Gasteiger partial charge in [0.2, 0.25) is 5.91 Å². The van der Waals surface area contributed by atoms with Crippen molar-refractivity contribution >= 4 is 12.1 Å². The van der Waals surface area contributed by atoms with Gasteiger partial charge in [0.25, 0.3) is 0 Å². The Morgan fingerprint density at radius 1 is 1.42 bits per heavy atom. The summed E-state index contributed by atoms with van der Waals surface area (Å²) in [5, 5.41) is 33.9. The number of carbonyl (C=O) groups excluding carboxylic acids is 1. The minimum Gasteiger partial charge on any atom is -0.411 e. The van der Waals surface area contributed by atoms with Crippen molar-refractivity contribution in [2.45, 2.75) is 25.6 Å². The van der Waals surface area contributed by atoms with Crippen molar-refractivity contribution in [1.29, 1.82) is 0 Å². The molecule has 0 heterocycles. The van der Waals surface area contributed by atoms with Gasteiger partial charge in [0.1, 0.15) is 6.10 Å². The van der Waals surface area contributed by atoms with Crippen molar-refractivity contribution in [2.24, 2.45) is 5.16 Å². The van der Waals surface area contributed by atoms with E-state index in [1.165, 1.54) is 13.1 Å². The summed E-state index contributed by atoms with van der Waals surface area (Å²) < 4.78 is 0. The van der Waals surface area contributed by atoms with Crippen LogP contribution in [0.1, 0.15) is 30.6 Å². The topological polar surface area (TPSA) is 102 Å². The number of hydrogen-bond donors (Lipinski definition) is 4. The number of amides is 1. The van der Waals surface area contributed by atoms with Crippen molar-refractivity contribution in [3.05, 3.63) is 35.4 Å². The van der Waals surface area contributed by atoms with Gasteiger partial charge >= 0.3 is 0 Å². The largest absolute Gasteiger partial charge is 0.411 e. The molecular formula is C13H18N2O4. The first-order chi connectivity index (χ1) is 9.06. The molecule has 2 atom stereocenters. The standard InChI is InChI=1S/C13H18N2O4/c1-9(16)14-7-6-12(17)13(18)11-5-3-2-4-10(11)8-15-19/h2-5,8,12-13,17-19H,6-7H2,1H3,(H,14,16). The van der Waals surface area contributed by atoms with Crippen LogP contribution in [0.15, 0.2) is 29.4 Å². The fourth-order valence-electron chi connectivity index (χ4n) is 1.72. The Hall–Kier alpha value is -1.92. The predicted octanol–water partition coefficient (Wildman–Crippen LogP) is 0.415. The van der Waals surface area contributed by atoms with Crippen molar-refractivity contribution in [3.8, 4) is 0 Å². The van der Waals surface area contributed by atoms with Crippen molar-refractivity contribution < 1.29 is 20.2 Å². The molecule has 0 bridgehead atoms. The normalized spacial score (nSPS) is 14.3. The van der Waals surface area contributed by atoms with Crippen LogP contribution in [0.25, 0.3) is 0 Å². The summed E-state index contributed by atoms with van der Waals surface area (Å²) in [4.78, 5) is 10.7. The third kappa shape index (κ3) is 4.69. The Morgan fingerprint density at radius 3 is 2.74 bits per heavy atom. The molecule has 0 saturated carbocycles. The molecule has 19 heavy (non-hydrogen) atoms. The maximum Gasteiger partial charge on any atom is 0.216 e. The highest BCUT2D eigenvalue weighted by Crippen LogP contribution is 2.21. The number of aliphatic hydroxyl groups excluding tert-OH is 2. The summed E-state index contributed by atoms with van der Waals surface area (Å²) in [6, 6.07) is 6.76. The van der Waals surface area contributed by atoms with Crippen LogP contribution in [-0.4, -0.2) is 40.2 Å². The Bertz CT molecular complexity index is 448. The molecule has 1 aromatic rings. The smallest absolute Gasteiger partial charge is 0.216 e. The predicted molar refractivity (Wildman–Crippen MR) is 70.1 cm³/mol. The van der Waals surface area contributed by atoms with E-state index in [2.05, 4.69) is 10.5 Å². The summed E-state index contributed by atoms with van der Waals surface area (Å²) in [5.74, 6) is -0.186. The van der Waals surface area contributed by atoms with Gasteiger partial charge in [-0.05, 0) is 12.0 Å². The molecule has 6 heteroatoms. The van der Waals surface area contributed by atoms with Crippen LogP contribution in [0.5, 0.6) is 0 Å². The number of benzene rings is 1. The molecule has 6 nitrogen and oxygen atoms in total. The lowest BCUT2D eigenvalue weighted by Crippen LogP contribution is -2.28. The summed E-state index contributed by atoms with van der Waals surface area (Å²) in [6.07, 6.45) is -0.701. The van der Waals surface area contributed by atoms with Crippen molar-refractivity contribution in [3.63, 3.8) is 0 Å². The minimum absolute atomic E-state index is 0.186. The second-order valence-electron chi connectivity index (χ2n) is 4.16. The van der Waals surface area contributed by atoms with Crippen LogP contribution in [0.3, 0.4) is 0 Å². The minimum atomic E-state index is -1.11. The molecule has 1 aromatic carbocycles. The lowest BCUT2D eigenvalue weighted by molar-refractivity contribution is -0.119. The first-order valence-corrected chi connectivity index (χ1v) is 5.93. The average Bonchev–Trinajstić information content (AvgIpc) is 2.38. The lowest BCUT2D eigenvalue weighted by atomic mass is 9.97. The van der Waals surface area contributed by atoms with Crippen LogP contribution in [0, 0.1) is 0 Å². The summed E-state index contributed by atoms with van der Waals surface area (Å²) in [5.41, 5.74) is 0.992. The molecule has 0 aliphatic rings. The van der Waals surface area contributed by atoms with Crippen LogP contribution in [0.4, 0.5) is 0 Å². The third-order valence-corrected chi connectivity index (χ3v) is 2.69. The summed E-state index contributed by atoms with van der Waals surface area (Å²) in [6.45, 7) is 1.67. The van der Waals surface area contributed by atoms with Gasteiger partial charge in [0.05, 0.1) is 12.3 Å². The van der Waals surface area contributed by atoms with E-state index in [1.54, 1.807) is 24.3 Å². The zero-order valence-electron chi connectivity index (χ0n) is 10.7. The van der Waals surface area contributed by atoms with E-state index >= 15 is 0 Å². The van der Waals surface area contributed by atoms with E-state index in [-0.39, 0.29) is 18.9 Å². The maximum absolute atomic E-state index is 10.7. The number of rotatable bonds is 6. The molecule has 104 valence electrons. The number of nitrogens with zero attached hydrogens (tertiary/aromatic N) is 1. The maximum atomic E-state index is 10.7. The van der Waals surface area contributed by atoms with Crippen LogP contribution >= 0.6 is 0 Å². The summed E-state index contributed by atoms with van der Waals surface area (Å²) in [7, 11) is 0. The zero-order chi connectivity index (χ0) is 14.3. The van der Waals surface area contributed by atoms with Gasteiger partial charge in [-0.1, -0.05) is 29.4 Å². The van der Waals surface area contributed by atoms with Crippen LogP contribution < -0.4 is 5.32 Å². The van der Waals surface area contributed by atoms with Gasteiger partial charge in [-0.25, -0.2) is 0 Å². The number of oxime groups is 1. The van der Waals surface area contributed by atoms with Gasteiger partial charge < -0.3 is 20.7 Å². The molecule has 0 aromatic heterocycles. The quantitative estimate of drug-likeness (QED) is 0.340. The van der Waals surface area contributed by atoms with E-state index in [1.807, 2.05) is 0 Å². The lowest BCUT2D eigenvalue weighted by Gasteiger charge is -2.19.